The van der Waals surface area contributed by atoms with E-state index in [0.717, 1.165) is 22.0 Å². The van der Waals surface area contributed by atoms with Crippen LogP contribution >= 0.6 is 11.6 Å². The molecule has 0 amide bonds. The monoisotopic (exact) mass is 417 g/mol. The van der Waals surface area contributed by atoms with Crippen molar-refractivity contribution in [2.24, 2.45) is 0 Å². The van der Waals surface area contributed by atoms with Crippen LogP contribution in [-0.2, 0) is 13.0 Å². The summed E-state index contributed by atoms with van der Waals surface area (Å²) < 4.78 is 0. The molecule has 1 aromatic carbocycles. The maximum atomic E-state index is 12.6. The molecule has 0 aliphatic heterocycles. The van der Waals surface area contributed by atoms with Crippen LogP contribution in [0.5, 0.6) is 0 Å². The smallest absolute Gasteiger partial charge is 0.164 e. The van der Waals surface area contributed by atoms with Gasteiger partial charge in [-0.2, -0.15) is 0 Å². The van der Waals surface area contributed by atoms with Crippen molar-refractivity contribution in [1.82, 2.24) is 15.0 Å². The summed E-state index contributed by atoms with van der Waals surface area (Å²) in [6.07, 6.45) is 5.96. The molecule has 0 unspecified atom stereocenters. The van der Waals surface area contributed by atoms with E-state index in [4.69, 9.17) is 17.3 Å². The van der Waals surface area contributed by atoms with Crippen LogP contribution in [0.4, 0.5) is 11.6 Å². The van der Waals surface area contributed by atoms with Crippen molar-refractivity contribution in [1.29, 1.82) is 0 Å². The van der Waals surface area contributed by atoms with Gasteiger partial charge in [0.2, 0.25) is 0 Å². The quantitative estimate of drug-likeness (QED) is 0.424. The zero-order valence-corrected chi connectivity index (χ0v) is 16.9. The minimum Gasteiger partial charge on any atom is -0.383 e. The average molecular weight is 418 g/mol. The Morgan fingerprint density at radius 2 is 1.93 bits per heavy atom. The third-order valence-corrected chi connectivity index (χ3v) is 5.11. The number of hydrogen-bond donors (Lipinski definition) is 2. The Morgan fingerprint density at radius 1 is 1.03 bits per heavy atom. The lowest BCUT2D eigenvalue weighted by Gasteiger charge is -2.09. The Labute approximate surface area is 179 Å². The van der Waals surface area contributed by atoms with Gasteiger partial charge in [0.1, 0.15) is 11.6 Å². The van der Waals surface area contributed by atoms with Crippen LogP contribution in [0.2, 0.25) is 5.02 Å². The number of hydrogen-bond acceptors (Lipinski definition) is 6. The number of benzene rings is 1. The minimum atomic E-state index is -0.00462. The molecule has 0 bridgehead atoms. The van der Waals surface area contributed by atoms with Gasteiger partial charge in [0.25, 0.3) is 0 Å². The van der Waals surface area contributed by atoms with Gasteiger partial charge >= 0.3 is 0 Å². The molecule has 0 aliphatic carbocycles. The maximum Gasteiger partial charge on any atom is 0.164 e. The Hall–Kier alpha value is -3.51. The number of fused-ring (bicyclic) bond motifs is 1. The van der Waals surface area contributed by atoms with E-state index in [-0.39, 0.29) is 5.78 Å². The van der Waals surface area contributed by atoms with Crippen molar-refractivity contribution in [3.8, 4) is 0 Å². The van der Waals surface area contributed by atoms with Gasteiger partial charge in [-0.05, 0) is 41.6 Å². The largest absolute Gasteiger partial charge is 0.383 e. The number of nitrogens with zero attached hydrogens (tertiary/aromatic N) is 3. The summed E-state index contributed by atoms with van der Waals surface area (Å²) >= 11 is 6.32. The molecular formula is C23H20ClN5O. The lowest BCUT2D eigenvalue weighted by Crippen LogP contribution is -2.06. The second-order valence-corrected chi connectivity index (χ2v) is 7.31. The fourth-order valence-electron chi connectivity index (χ4n) is 3.21. The normalized spacial score (nSPS) is 10.8. The fraction of sp³-hybridized carbons (Fsp3) is 0.130. The number of ketones is 1. The van der Waals surface area contributed by atoms with Crippen molar-refractivity contribution in [3.05, 3.63) is 89.0 Å². The van der Waals surface area contributed by atoms with Gasteiger partial charge in [0.15, 0.2) is 5.78 Å². The molecule has 0 saturated carbocycles. The van der Waals surface area contributed by atoms with Gasteiger partial charge in [-0.3, -0.25) is 9.78 Å². The SMILES string of the molecule is Nc1nccc2cc(CCC(=O)c3cnc(NCc4ccccn4)c(Cl)c3)ccc12. The van der Waals surface area contributed by atoms with Crippen LogP contribution in [-0.4, -0.2) is 20.7 Å². The molecule has 3 N–H and O–H groups in total. The van der Waals surface area contributed by atoms with Gasteiger partial charge in [0.05, 0.1) is 17.3 Å². The summed E-state index contributed by atoms with van der Waals surface area (Å²) in [7, 11) is 0. The Morgan fingerprint density at radius 3 is 2.73 bits per heavy atom. The molecule has 0 saturated heterocycles. The molecule has 0 spiro atoms. The number of nitrogens with one attached hydrogen (secondary N) is 1. The number of nitrogen functional groups attached to an aromatic ring is 1. The van der Waals surface area contributed by atoms with E-state index < -0.39 is 0 Å². The molecule has 150 valence electrons. The van der Waals surface area contributed by atoms with Gasteiger partial charge < -0.3 is 11.1 Å². The van der Waals surface area contributed by atoms with Crippen molar-refractivity contribution in [2.75, 3.05) is 11.1 Å². The Bertz CT molecular complexity index is 1200. The molecule has 30 heavy (non-hydrogen) atoms. The summed E-state index contributed by atoms with van der Waals surface area (Å²) in [5.74, 6) is 1.03. The number of aryl methyl sites for hydroxylation is 1. The van der Waals surface area contributed by atoms with Crippen molar-refractivity contribution < 1.29 is 4.79 Å². The molecule has 0 atom stereocenters. The highest BCUT2D eigenvalue weighted by Crippen LogP contribution is 2.23. The lowest BCUT2D eigenvalue weighted by atomic mass is 10.0. The number of halogens is 1. The summed E-state index contributed by atoms with van der Waals surface area (Å²) in [6.45, 7) is 0.503. The molecular weight excluding hydrogens is 398 g/mol. The second kappa shape index (κ2) is 8.88. The number of pyridine rings is 3. The number of aromatic nitrogens is 3. The summed E-state index contributed by atoms with van der Waals surface area (Å²) in [5.41, 5.74) is 8.33. The lowest BCUT2D eigenvalue weighted by molar-refractivity contribution is 0.0982. The van der Waals surface area contributed by atoms with Gasteiger partial charge in [-0.15, -0.1) is 0 Å². The van der Waals surface area contributed by atoms with Gasteiger partial charge in [-0.1, -0.05) is 35.9 Å². The molecule has 0 radical (unpaired) electrons. The zero-order valence-electron chi connectivity index (χ0n) is 16.2. The molecule has 3 aromatic heterocycles. The van der Waals surface area contributed by atoms with Crippen LogP contribution in [0.15, 0.2) is 67.1 Å². The highest BCUT2D eigenvalue weighted by molar-refractivity contribution is 6.33. The van der Waals surface area contributed by atoms with Crippen LogP contribution < -0.4 is 11.1 Å². The molecule has 0 fully saturated rings. The van der Waals surface area contributed by atoms with Gasteiger partial charge in [-0.25, -0.2) is 9.97 Å². The molecule has 4 rings (SSSR count). The van der Waals surface area contributed by atoms with E-state index in [0.29, 0.717) is 41.6 Å². The standard InChI is InChI=1S/C23H20ClN5O/c24-20-12-17(13-28-23(20)29-14-18-3-1-2-9-26-18)21(30)7-5-15-4-6-19-16(11-15)8-10-27-22(19)25/h1-4,6,8-13H,5,7,14H2,(H2,25,27)(H,28,29). The second-order valence-electron chi connectivity index (χ2n) is 6.90. The summed E-state index contributed by atoms with van der Waals surface area (Å²) in [6, 6.07) is 15.2. The Kier molecular flexibility index (Phi) is 5.86. The van der Waals surface area contributed by atoms with Crippen LogP contribution in [0.25, 0.3) is 10.8 Å². The minimum absolute atomic E-state index is 0.00462. The first kappa shape index (κ1) is 19.8. The molecule has 3 heterocycles. The van der Waals surface area contributed by atoms with E-state index in [1.54, 1.807) is 24.7 Å². The number of Topliss-reactive ketones (excluding diaryl/α,β-unsaturated/α-hetero) is 1. The van der Waals surface area contributed by atoms with E-state index in [1.807, 2.05) is 42.5 Å². The van der Waals surface area contributed by atoms with E-state index in [2.05, 4.69) is 20.3 Å². The maximum absolute atomic E-state index is 12.6. The number of carbonyl (C=O) groups excluding carboxylic acids is 1. The van der Waals surface area contributed by atoms with E-state index in [1.165, 1.54) is 0 Å². The first-order valence-corrected chi connectivity index (χ1v) is 9.93. The molecule has 6 nitrogen and oxygen atoms in total. The third-order valence-electron chi connectivity index (χ3n) is 4.83. The van der Waals surface area contributed by atoms with E-state index in [9.17, 15) is 4.79 Å². The third kappa shape index (κ3) is 4.55. The molecule has 7 heteroatoms. The average Bonchev–Trinajstić information content (AvgIpc) is 2.77. The number of nitrogens with two attached hydrogens (primary N) is 1. The van der Waals surface area contributed by atoms with Crippen LogP contribution in [0.1, 0.15) is 28.0 Å². The summed E-state index contributed by atoms with van der Waals surface area (Å²) in [4.78, 5) is 25.3. The predicted molar refractivity (Wildman–Crippen MR) is 120 cm³/mol. The van der Waals surface area contributed by atoms with Crippen LogP contribution in [0.3, 0.4) is 0 Å². The molecule has 0 aliphatic rings. The topological polar surface area (TPSA) is 93.8 Å². The predicted octanol–water partition coefficient (Wildman–Crippen LogP) is 4.69. The van der Waals surface area contributed by atoms with E-state index >= 15 is 0 Å². The van der Waals surface area contributed by atoms with Crippen molar-refractivity contribution in [2.45, 2.75) is 19.4 Å². The first-order chi connectivity index (χ1) is 14.6. The highest BCUT2D eigenvalue weighted by Gasteiger charge is 2.11. The summed E-state index contributed by atoms with van der Waals surface area (Å²) in [5, 5.41) is 5.48. The fourth-order valence-corrected chi connectivity index (χ4v) is 3.44. The zero-order chi connectivity index (χ0) is 20.9. The van der Waals surface area contributed by atoms with Crippen molar-refractivity contribution in [3.63, 3.8) is 0 Å². The number of carbonyl (C=O) groups is 1. The molecule has 4 aromatic rings. The van der Waals surface area contributed by atoms with Gasteiger partial charge in [0, 0.05) is 36.0 Å². The number of rotatable bonds is 7. The number of anilines is 2. The van der Waals surface area contributed by atoms with Crippen LogP contribution in [0, 0.1) is 0 Å². The highest BCUT2D eigenvalue weighted by atomic mass is 35.5. The Balaban J connectivity index is 1.39. The van der Waals surface area contributed by atoms with Crippen molar-refractivity contribution >= 4 is 39.8 Å². The first-order valence-electron chi connectivity index (χ1n) is 9.56.